The number of hydrogen-bond acceptors (Lipinski definition) is 4. The molecule has 1 heterocycles. The van der Waals surface area contributed by atoms with Crippen LogP contribution in [-0.2, 0) is 4.74 Å². The number of hydrogen-bond donors (Lipinski definition) is 1. The van der Waals surface area contributed by atoms with Gasteiger partial charge in [0.1, 0.15) is 11.4 Å². The van der Waals surface area contributed by atoms with Crippen LogP contribution in [0.1, 0.15) is 44.0 Å². The highest BCUT2D eigenvalue weighted by atomic mass is 79.9. The molecule has 0 bridgehead atoms. The standard InChI is InChI=1S/C18H24BrNO5/c1-18(2,3)25-17(23)20-8-6-12(7-9-20)11-24-15-10-13(16(21)22)4-5-14(15)19/h4-5,10,12H,6-9,11H2,1-3H3,(H,21,22). The van der Waals surface area contributed by atoms with E-state index in [1.807, 2.05) is 20.8 Å². The van der Waals surface area contributed by atoms with Crippen LogP contribution in [0.4, 0.5) is 4.79 Å². The van der Waals surface area contributed by atoms with Crippen LogP contribution in [0.2, 0.25) is 0 Å². The van der Waals surface area contributed by atoms with Crippen LogP contribution in [-0.4, -0.2) is 47.4 Å². The molecule has 1 fully saturated rings. The highest BCUT2D eigenvalue weighted by Crippen LogP contribution is 2.28. The first-order valence-corrected chi connectivity index (χ1v) is 9.08. The van der Waals surface area contributed by atoms with Gasteiger partial charge in [0, 0.05) is 13.1 Å². The van der Waals surface area contributed by atoms with Crippen molar-refractivity contribution >= 4 is 28.0 Å². The Kier molecular flexibility index (Phi) is 6.32. The molecule has 1 aromatic carbocycles. The van der Waals surface area contributed by atoms with Crippen molar-refractivity contribution in [3.8, 4) is 5.75 Å². The zero-order valence-electron chi connectivity index (χ0n) is 14.8. The Morgan fingerprint density at radius 2 is 1.92 bits per heavy atom. The van der Waals surface area contributed by atoms with Gasteiger partial charge in [0.25, 0.3) is 0 Å². The number of amides is 1. The van der Waals surface area contributed by atoms with E-state index in [-0.39, 0.29) is 11.7 Å². The first-order valence-electron chi connectivity index (χ1n) is 8.29. The predicted octanol–water partition coefficient (Wildman–Crippen LogP) is 4.17. The van der Waals surface area contributed by atoms with Gasteiger partial charge in [0.15, 0.2) is 0 Å². The van der Waals surface area contributed by atoms with Gasteiger partial charge in [0.2, 0.25) is 0 Å². The van der Waals surface area contributed by atoms with Crippen molar-refractivity contribution in [2.75, 3.05) is 19.7 Å². The molecule has 0 radical (unpaired) electrons. The number of nitrogens with zero attached hydrogens (tertiary/aromatic N) is 1. The molecule has 7 heteroatoms. The van der Waals surface area contributed by atoms with Crippen LogP contribution in [0.15, 0.2) is 22.7 Å². The molecular formula is C18H24BrNO5. The topological polar surface area (TPSA) is 76.1 Å². The normalized spacial score (nSPS) is 15.8. The van der Waals surface area contributed by atoms with E-state index >= 15 is 0 Å². The summed E-state index contributed by atoms with van der Waals surface area (Å²) in [5.41, 5.74) is -0.295. The number of ether oxygens (including phenoxy) is 2. The average Bonchev–Trinajstić information content (AvgIpc) is 2.52. The lowest BCUT2D eigenvalue weighted by atomic mass is 9.98. The van der Waals surface area contributed by atoms with Crippen LogP contribution in [0.25, 0.3) is 0 Å². The first kappa shape index (κ1) is 19.6. The van der Waals surface area contributed by atoms with Gasteiger partial charge in [0.05, 0.1) is 16.6 Å². The lowest BCUT2D eigenvalue weighted by Gasteiger charge is -2.33. The van der Waals surface area contributed by atoms with Gasteiger partial charge in [-0.15, -0.1) is 0 Å². The Bertz CT molecular complexity index is 633. The molecule has 138 valence electrons. The minimum Gasteiger partial charge on any atom is -0.492 e. The molecule has 0 atom stereocenters. The summed E-state index contributed by atoms with van der Waals surface area (Å²) in [5.74, 6) is -0.142. The van der Waals surface area contributed by atoms with Gasteiger partial charge in [-0.3, -0.25) is 0 Å². The number of benzene rings is 1. The summed E-state index contributed by atoms with van der Waals surface area (Å²) in [6.45, 7) is 7.33. The highest BCUT2D eigenvalue weighted by molar-refractivity contribution is 9.10. The molecule has 25 heavy (non-hydrogen) atoms. The number of carboxylic acid groups (broad SMARTS) is 1. The van der Waals surface area contributed by atoms with Gasteiger partial charge in [-0.25, -0.2) is 9.59 Å². The molecule has 6 nitrogen and oxygen atoms in total. The first-order chi connectivity index (χ1) is 11.7. The minimum absolute atomic E-state index is 0.193. The van der Waals surface area contributed by atoms with Gasteiger partial charge >= 0.3 is 12.1 Å². The lowest BCUT2D eigenvalue weighted by molar-refractivity contribution is 0.0164. The molecule has 1 amide bonds. The summed E-state index contributed by atoms with van der Waals surface area (Å²) in [4.78, 5) is 24.8. The van der Waals surface area contributed by atoms with Gasteiger partial charge in [-0.05, 0) is 73.7 Å². The van der Waals surface area contributed by atoms with Crippen LogP contribution in [0, 0.1) is 5.92 Å². The number of carbonyl (C=O) groups excluding carboxylic acids is 1. The molecule has 0 unspecified atom stereocenters. The van der Waals surface area contributed by atoms with Crippen molar-refractivity contribution in [2.24, 2.45) is 5.92 Å². The maximum Gasteiger partial charge on any atom is 0.410 e. The number of piperidine rings is 1. The predicted molar refractivity (Wildman–Crippen MR) is 97.1 cm³/mol. The Balaban J connectivity index is 1.84. The average molecular weight is 414 g/mol. The number of halogens is 1. The zero-order chi connectivity index (χ0) is 18.6. The zero-order valence-corrected chi connectivity index (χ0v) is 16.3. The molecule has 1 N–H and O–H groups in total. The van der Waals surface area contributed by atoms with E-state index in [1.165, 1.54) is 12.1 Å². The quantitative estimate of drug-likeness (QED) is 0.800. The van der Waals surface area contributed by atoms with Crippen molar-refractivity contribution in [3.05, 3.63) is 28.2 Å². The number of aromatic carboxylic acids is 1. The molecule has 2 rings (SSSR count). The lowest BCUT2D eigenvalue weighted by Crippen LogP contribution is -2.42. The van der Waals surface area contributed by atoms with Crippen molar-refractivity contribution in [2.45, 2.75) is 39.2 Å². The summed E-state index contributed by atoms with van der Waals surface area (Å²) >= 11 is 3.37. The molecule has 1 aliphatic rings. The molecule has 0 saturated carbocycles. The molecule has 0 spiro atoms. The third-order valence-corrected chi connectivity index (χ3v) is 4.57. The van der Waals surface area contributed by atoms with Gasteiger partial charge < -0.3 is 19.5 Å². The Morgan fingerprint density at radius 1 is 1.28 bits per heavy atom. The summed E-state index contributed by atoms with van der Waals surface area (Å²) < 4.78 is 11.9. The Morgan fingerprint density at radius 3 is 2.48 bits per heavy atom. The van der Waals surface area contributed by atoms with Crippen LogP contribution >= 0.6 is 15.9 Å². The fraction of sp³-hybridized carbons (Fsp3) is 0.556. The van der Waals surface area contributed by atoms with Crippen molar-refractivity contribution in [3.63, 3.8) is 0 Å². The molecule has 1 aliphatic heterocycles. The molecule has 0 aliphatic carbocycles. The number of likely N-dealkylation sites (tertiary alicyclic amines) is 1. The monoisotopic (exact) mass is 413 g/mol. The number of rotatable bonds is 4. The molecule has 1 aromatic rings. The third kappa shape index (κ3) is 5.92. The van der Waals surface area contributed by atoms with Crippen LogP contribution < -0.4 is 4.74 Å². The largest absolute Gasteiger partial charge is 0.492 e. The summed E-state index contributed by atoms with van der Waals surface area (Å²) in [5, 5.41) is 9.06. The van der Waals surface area contributed by atoms with E-state index in [2.05, 4.69) is 15.9 Å². The minimum atomic E-state index is -0.983. The fourth-order valence-electron chi connectivity index (χ4n) is 2.56. The molecular weight excluding hydrogens is 390 g/mol. The second-order valence-electron chi connectivity index (χ2n) is 7.17. The number of carboxylic acids is 1. The fourth-order valence-corrected chi connectivity index (χ4v) is 2.92. The SMILES string of the molecule is CC(C)(C)OC(=O)N1CCC(COc2cc(C(=O)O)ccc2Br)CC1. The van der Waals surface area contributed by atoms with Crippen LogP contribution in [0.5, 0.6) is 5.75 Å². The second kappa shape index (κ2) is 8.08. The van der Waals surface area contributed by atoms with E-state index in [1.54, 1.807) is 11.0 Å². The Hall–Kier alpha value is -1.76. The third-order valence-electron chi connectivity index (χ3n) is 3.92. The summed E-state index contributed by atoms with van der Waals surface area (Å²) in [6, 6.07) is 4.71. The number of carbonyl (C=O) groups is 2. The van der Waals surface area contributed by atoms with E-state index in [4.69, 9.17) is 14.6 Å². The van der Waals surface area contributed by atoms with E-state index in [0.717, 1.165) is 17.3 Å². The summed E-state index contributed by atoms with van der Waals surface area (Å²) in [7, 11) is 0. The highest BCUT2D eigenvalue weighted by Gasteiger charge is 2.27. The van der Waals surface area contributed by atoms with Crippen molar-refractivity contribution < 1.29 is 24.2 Å². The van der Waals surface area contributed by atoms with Crippen LogP contribution in [0.3, 0.4) is 0 Å². The summed E-state index contributed by atoms with van der Waals surface area (Å²) in [6.07, 6.45) is 1.38. The Labute approximate surface area is 156 Å². The van der Waals surface area contributed by atoms with E-state index in [0.29, 0.717) is 31.4 Å². The second-order valence-corrected chi connectivity index (χ2v) is 8.03. The van der Waals surface area contributed by atoms with E-state index < -0.39 is 11.6 Å². The van der Waals surface area contributed by atoms with Gasteiger partial charge in [-0.2, -0.15) is 0 Å². The molecule has 1 saturated heterocycles. The van der Waals surface area contributed by atoms with E-state index in [9.17, 15) is 9.59 Å². The molecule has 0 aromatic heterocycles. The maximum atomic E-state index is 12.1. The smallest absolute Gasteiger partial charge is 0.410 e. The maximum absolute atomic E-state index is 12.1. The van der Waals surface area contributed by atoms with Gasteiger partial charge in [-0.1, -0.05) is 0 Å². The van der Waals surface area contributed by atoms with Crippen molar-refractivity contribution in [1.82, 2.24) is 4.90 Å². The van der Waals surface area contributed by atoms with Crippen molar-refractivity contribution in [1.29, 1.82) is 0 Å².